The molecule has 6 heteroatoms. The number of nitrogens with one attached hydrogen (secondary N) is 1. The number of anilines is 1. The van der Waals surface area contributed by atoms with Crippen LogP contribution >= 0.6 is 11.6 Å². The first-order chi connectivity index (χ1) is 11.5. The van der Waals surface area contributed by atoms with Crippen LogP contribution in [0.2, 0.25) is 5.02 Å². The topological polar surface area (TPSA) is 49.4 Å². The zero-order valence-corrected chi connectivity index (χ0v) is 13.6. The van der Waals surface area contributed by atoms with Gasteiger partial charge in [0.05, 0.1) is 18.2 Å². The van der Waals surface area contributed by atoms with E-state index in [4.69, 9.17) is 11.6 Å². The van der Waals surface area contributed by atoms with Crippen molar-refractivity contribution in [2.24, 2.45) is 0 Å². The number of carbonyl (C=O) groups is 2. The van der Waals surface area contributed by atoms with Crippen molar-refractivity contribution in [1.29, 1.82) is 0 Å². The van der Waals surface area contributed by atoms with Crippen molar-refractivity contribution in [3.8, 4) is 0 Å². The molecule has 1 fully saturated rings. The molecule has 0 bridgehead atoms. The molecule has 1 atom stereocenters. The fourth-order valence-electron chi connectivity index (χ4n) is 2.69. The number of amides is 2. The van der Waals surface area contributed by atoms with Crippen LogP contribution in [0.15, 0.2) is 48.5 Å². The van der Waals surface area contributed by atoms with Gasteiger partial charge in [-0.15, -0.1) is 0 Å². The Balaban J connectivity index is 1.59. The van der Waals surface area contributed by atoms with Crippen molar-refractivity contribution in [3.05, 3.63) is 64.9 Å². The van der Waals surface area contributed by atoms with Gasteiger partial charge >= 0.3 is 0 Å². The molecule has 1 N–H and O–H groups in total. The summed E-state index contributed by atoms with van der Waals surface area (Å²) in [5, 5.41) is 3.65. The van der Waals surface area contributed by atoms with Crippen molar-refractivity contribution >= 4 is 29.1 Å². The fraction of sp³-hybridized carbons (Fsp3) is 0.222. The second-order valence-corrected chi connectivity index (χ2v) is 6.07. The molecule has 0 aliphatic carbocycles. The second kappa shape index (κ2) is 7.11. The summed E-state index contributed by atoms with van der Waals surface area (Å²) in [6.07, 6.45) is 0.782. The number of hydrogen-bond donors (Lipinski definition) is 1. The monoisotopic (exact) mass is 346 g/mol. The zero-order chi connectivity index (χ0) is 17.1. The summed E-state index contributed by atoms with van der Waals surface area (Å²) in [5.74, 6) is -0.773. The average Bonchev–Trinajstić information content (AvgIpc) is 2.85. The molecule has 2 amide bonds. The van der Waals surface area contributed by atoms with Crippen molar-refractivity contribution in [1.82, 2.24) is 5.32 Å². The molecule has 24 heavy (non-hydrogen) atoms. The Bertz CT molecular complexity index is 747. The van der Waals surface area contributed by atoms with E-state index >= 15 is 0 Å². The van der Waals surface area contributed by atoms with Crippen LogP contribution in [0.4, 0.5) is 10.1 Å². The van der Waals surface area contributed by atoms with Gasteiger partial charge in [-0.2, -0.15) is 0 Å². The first-order valence-electron chi connectivity index (χ1n) is 7.65. The van der Waals surface area contributed by atoms with Crippen LogP contribution in [-0.2, 0) is 16.0 Å². The Labute approximate surface area is 144 Å². The molecule has 1 aliphatic rings. The van der Waals surface area contributed by atoms with Gasteiger partial charge in [0, 0.05) is 5.02 Å². The van der Waals surface area contributed by atoms with Gasteiger partial charge in [0.25, 0.3) is 5.91 Å². The molecule has 1 heterocycles. The molecule has 1 aliphatic heterocycles. The van der Waals surface area contributed by atoms with E-state index in [1.165, 1.54) is 17.0 Å². The van der Waals surface area contributed by atoms with E-state index < -0.39 is 6.04 Å². The molecule has 0 spiro atoms. The highest BCUT2D eigenvalue weighted by molar-refractivity contribution is 6.30. The lowest BCUT2D eigenvalue weighted by molar-refractivity contribution is -0.121. The molecule has 2 aromatic rings. The summed E-state index contributed by atoms with van der Waals surface area (Å²) < 4.78 is 12.9. The van der Waals surface area contributed by atoms with Crippen molar-refractivity contribution in [2.45, 2.75) is 18.9 Å². The van der Waals surface area contributed by atoms with E-state index in [0.717, 1.165) is 5.56 Å². The van der Waals surface area contributed by atoms with E-state index in [9.17, 15) is 14.0 Å². The van der Waals surface area contributed by atoms with Gasteiger partial charge in [-0.25, -0.2) is 9.29 Å². The molecule has 1 saturated heterocycles. The summed E-state index contributed by atoms with van der Waals surface area (Å²) in [4.78, 5) is 25.8. The Morgan fingerprint density at radius 1 is 1.08 bits per heavy atom. The molecular weight excluding hydrogens is 331 g/mol. The third-order valence-corrected chi connectivity index (χ3v) is 4.20. The van der Waals surface area contributed by atoms with E-state index in [1.807, 2.05) is 0 Å². The molecule has 124 valence electrons. The SMILES string of the molecule is O=C1CC(NCCc2ccc(F)cc2)C(=O)N1c1ccc(Cl)cc1. The predicted molar refractivity (Wildman–Crippen MR) is 90.5 cm³/mol. The molecular formula is C18H16ClFN2O2. The molecule has 2 aromatic carbocycles. The minimum atomic E-state index is -0.534. The van der Waals surface area contributed by atoms with Gasteiger partial charge in [0.15, 0.2) is 0 Å². The molecule has 4 nitrogen and oxygen atoms in total. The molecule has 0 radical (unpaired) electrons. The third kappa shape index (κ3) is 3.63. The maximum absolute atomic E-state index is 12.9. The van der Waals surface area contributed by atoms with Crippen LogP contribution in [-0.4, -0.2) is 24.4 Å². The summed E-state index contributed by atoms with van der Waals surface area (Å²) in [5.41, 5.74) is 1.49. The van der Waals surface area contributed by atoms with Crippen molar-refractivity contribution in [2.75, 3.05) is 11.4 Å². The Morgan fingerprint density at radius 3 is 2.42 bits per heavy atom. The van der Waals surface area contributed by atoms with E-state index in [2.05, 4.69) is 5.32 Å². The number of benzene rings is 2. The van der Waals surface area contributed by atoms with Gasteiger partial charge in [-0.1, -0.05) is 23.7 Å². The first-order valence-corrected chi connectivity index (χ1v) is 8.02. The van der Waals surface area contributed by atoms with Gasteiger partial charge in [-0.3, -0.25) is 9.59 Å². The van der Waals surface area contributed by atoms with E-state index in [0.29, 0.717) is 23.7 Å². The summed E-state index contributed by atoms with van der Waals surface area (Å²) in [6, 6.07) is 12.3. The molecule has 1 unspecified atom stereocenters. The van der Waals surface area contributed by atoms with Crippen LogP contribution in [0.5, 0.6) is 0 Å². The number of hydrogen-bond acceptors (Lipinski definition) is 3. The van der Waals surface area contributed by atoms with Gasteiger partial charge in [0.2, 0.25) is 5.91 Å². The lowest BCUT2D eigenvalue weighted by Gasteiger charge is -2.15. The lowest BCUT2D eigenvalue weighted by Crippen LogP contribution is -2.39. The average molecular weight is 347 g/mol. The summed E-state index contributed by atoms with van der Waals surface area (Å²) in [7, 11) is 0. The smallest absolute Gasteiger partial charge is 0.251 e. The standard InChI is InChI=1S/C18H16ClFN2O2/c19-13-3-7-15(8-4-13)22-17(23)11-16(18(22)24)21-10-9-12-1-5-14(20)6-2-12/h1-8,16,21H,9-11H2. The van der Waals surface area contributed by atoms with Crippen LogP contribution in [0.25, 0.3) is 0 Å². The van der Waals surface area contributed by atoms with Gasteiger partial charge in [0.1, 0.15) is 5.82 Å². The Morgan fingerprint density at radius 2 is 1.75 bits per heavy atom. The molecule has 3 rings (SSSR count). The van der Waals surface area contributed by atoms with Gasteiger partial charge in [-0.05, 0) is 54.9 Å². The Kier molecular flexibility index (Phi) is 4.92. The highest BCUT2D eigenvalue weighted by Crippen LogP contribution is 2.24. The number of rotatable bonds is 5. The minimum absolute atomic E-state index is 0.130. The third-order valence-electron chi connectivity index (χ3n) is 3.95. The van der Waals surface area contributed by atoms with Crippen LogP contribution in [0.1, 0.15) is 12.0 Å². The zero-order valence-electron chi connectivity index (χ0n) is 12.8. The van der Waals surface area contributed by atoms with Crippen molar-refractivity contribution < 1.29 is 14.0 Å². The highest BCUT2D eigenvalue weighted by Gasteiger charge is 2.39. The van der Waals surface area contributed by atoms with Crippen LogP contribution in [0.3, 0.4) is 0 Å². The molecule has 0 saturated carbocycles. The number of imide groups is 1. The number of carbonyl (C=O) groups excluding carboxylic acids is 2. The minimum Gasteiger partial charge on any atom is -0.305 e. The summed E-state index contributed by atoms with van der Waals surface area (Å²) in [6.45, 7) is 0.532. The second-order valence-electron chi connectivity index (χ2n) is 5.63. The van der Waals surface area contributed by atoms with E-state index in [1.54, 1.807) is 36.4 Å². The number of nitrogens with zero attached hydrogens (tertiary/aromatic N) is 1. The Hall–Kier alpha value is -2.24. The maximum Gasteiger partial charge on any atom is 0.251 e. The van der Waals surface area contributed by atoms with E-state index in [-0.39, 0.29) is 24.1 Å². The van der Waals surface area contributed by atoms with Crippen LogP contribution in [0, 0.1) is 5.82 Å². The van der Waals surface area contributed by atoms with Crippen molar-refractivity contribution in [3.63, 3.8) is 0 Å². The molecule has 0 aromatic heterocycles. The largest absolute Gasteiger partial charge is 0.305 e. The van der Waals surface area contributed by atoms with Gasteiger partial charge < -0.3 is 5.32 Å². The maximum atomic E-state index is 12.9. The van der Waals surface area contributed by atoms with Crippen LogP contribution < -0.4 is 10.2 Å². The highest BCUT2D eigenvalue weighted by atomic mass is 35.5. The summed E-state index contributed by atoms with van der Waals surface area (Å²) >= 11 is 5.83. The predicted octanol–water partition coefficient (Wildman–Crippen LogP) is 2.94. The first kappa shape index (κ1) is 16.6. The fourth-order valence-corrected chi connectivity index (χ4v) is 2.82. The number of halogens is 2. The normalized spacial score (nSPS) is 17.6. The lowest BCUT2D eigenvalue weighted by atomic mass is 10.1. The quantitative estimate of drug-likeness (QED) is 0.847.